The number of hydrogen-bond donors (Lipinski definition) is 2. The Morgan fingerprint density at radius 1 is 1.13 bits per heavy atom. The van der Waals surface area contributed by atoms with Crippen LogP contribution in [0.1, 0.15) is 61.7 Å². The normalized spacial score (nSPS) is 27.6. The molecule has 2 heterocycles. The Hall–Kier alpha value is -0.830. The maximum absolute atomic E-state index is 4.24. The molecular formula is C12H19N3. The highest BCUT2D eigenvalue weighted by atomic mass is 15.1. The molecule has 1 aromatic rings. The molecule has 1 aliphatic heterocycles. The summed E-state index contributed by atoms with van der Waals surface area (Å²) in [5, 5.41) is 11.0. The first-order valence-electron chi connectivity index (χ1n) is 6.21. The average Bonchev–Trinajstić information content (AvgIpc) is 2.65. The van der Waals surface area contributed by atoms with Crippen LogP contribution >= 0.6 is 0 Å². The molecule has 1 saturated heterocycles. The van der Waals surface area contributed by atoms with Gasteiger partial charge in [0.1, 0.15) is 0 Å². The van der Waals surface area contributed by atoms with Crippen molar-refractivity contribution in [3.63, 3.8) is 0 Å². The topological polar surface area (TPSA) is 40.7 Å². The molecule has 0 bridgehead atoms. The second-order valence-electron chi connectivity index (χ2n) is 4.87. The minimum Gasteiger partial charge on any atom is -0.309 e. The van der Waals surface area contributed by atoms with E-state index in [0.29, 0.717) is 6.04 Å². The van der Waals surface area contributed by atoms with E-state index in [4.69, 9.17) is 0 Å². The van der Waals surface area contributed by atoms with Crippen molar-refractivity contribution in [1.29, 1.82) is 0 Å². The van der Waals surface area contributed by atoms with E-state index < -0.39 is 0 Å². The summed E-state index contributed by atoms with van der Waals surface area (Å²) >= 11 is 0. The standard InChI is InChI=1S/C12H19N3/c1-2-7-13-11(6-1)12-10(8-14-15-12)9-4-3-5-9/h8-9,11,13H,1-7H2,(H,14,15). The third-order valence-corrected chi connectivity index (χ3v) is 3.90. The Kier molecular flexibility index (Phi) is 2.49. The Bertz CT molecular complexity index is 321. The molecular weight excluding hydrogens is 186 g/mol. The lowest BCUT2D eigenvalue weighted by Gasteiger charge is -2.29. The van der Waals surface area contributed by atoms with Gasteiger partial charge in [-0.3, -0.25) is 5.10 Å². The van der Waals surface area contributed by atoms with Gasteiger partial charge in [-0.15, -0.1) is 0 Å². The molecule has 0 spiro atoms. The van der Waals surface area contributed by atoms with Gasteiger partial charge in [0.15, 0.2) is 0 Å². The Labute approximate surface area is 90.7 Å². The lowest BCUT2D eigenvalue weighted by molar-refractivity contribution is 0.383. The van der Waals surface area contributed by atoms with E-state index in [-0.39, 0.29) is 0 Å². The molecule has 2 N–H and O–H groups in total. The average molecular weight is 205 g/mol. The lowest BCUT2D eigenvalue weighted by atomic mass is 9.79. The number of hydrogen-bond acceptors (Lipinski definition) is 2. The molecule has 3 nitrogen and oxygen atoms in total. The Balaban J connectivity index is 1.80. The van der Waals surface area contributed by atoms with E-state index in [1.807, 2.05) is 0 Å². The minimum atomic E-state index is 0.539. The van der Waals surface area contributed by atoms with E-state index in [2.05, 4.69) is 21.7 Å². The van der Waals surface area contributed by atoms with Gasteiger partial charge in [0.05, 0.1) is 11.9 Å². The van der Waals surface area contributed by atoms with Gasteiger partial charge in [-0.2, -0.15) is 5.10 Å². The number of piperidine rings is 1. The predicted molar refractivity (Wildman–Crippen MR) is 59.8 cm³/mol. The molecule has 0 radical (unpaired) electrons. The maximum atomic E-state index is 4.24. The van der Waals surface area contributed by atoms with E-state index in [0.717, 1.165) is 12.5 Å². The van der Waals surface area contributed by atoms with Crippen LogP contribution in [0.5, 0.6) is 0 Å². The fraction of sp³-hybridized carbons (Fsp3) is 0.750. The minimum absolute atomic E-state index is 0.539. The maximum Gasteiger partial charge on any atom is 0.0556 e. The largest absolute Gasteiger partial charge is 0.309 e. The third kappa shape index (κ3) is 1.69. The highest BCUT2D eigenvalue weighted by Gasteiger charge is 2.27. The number of nitrogens with zero attached hydrogens (tertiary/aromatic N) is 1. The van der Waals surface area contributed by atoms with Crippen molar-refractivity contribution in [2.24, 2.45) is 0 Å². The van der Waals surface area contributed by atoms with Crippen LogP contribution in [-0.2, 0) is 0 Å². The first kappa shape index (κ1) is 9.40. The molecule has 0 aromatic carbocycles. The molecule has 1 aliphatic carbocycles. The van der Waals surface area contributed by atoms with Crippen molar-refractivity contribution < 1.29 is 0 Å². The third-order valence-electron chi connectivity index (χ3n) is 3.90. The van der Waals surface area contributed by atoms with E-state index in [1.165, 1.54) is 49.8 Å². The second-order valence-corrected chi connectivity index (χ2v) is 4.87. The number of rotatable bonds is 2. The number of aromatic amines is 1. The molecule has 2 fully saturated rings. The van der Waals surface area contributed by atoms with Crippen molar-refractivity contribution in [1.82, 2.24) is 15.5 Å². The smallest absolute Gasteiger partial charge is 0.0556 e. The zero-order valence-corrected chi connectivity index (χ0v) is 9.13. The van der Waals surface area contributed by atoms with Crippen molar-refractivity contribution in [3.05, 3.63) is 17.5 Å². The number of nitrogens with one attached hydrogen (secondary N) is 2. The van der Waals surface area contributed by atoms with Gasteiger partial charge in [0, 0.05) is 6.04 Å². The van der Waals surface area contributed by atoms with Crippen molar-refractivity contribution in [2.45, 2.75) is 50.5 Å². The van der Waals surface area contributed by atoms with Crippen LogP contribution < -0.4 is 5.32 Å². The van der Waals surface area contributed by atoms with E-state index in [9.17, 15) is 0 Å². The summed E-state index contributed by atoms with van der Waals surface area (Å²) in [5.41, 5.74) is 2.86. The van der Waals surface area contributed by atoms with Crippen molar-refractivity contribution >= 4 is 0 Å². The Morgan fingerprint density at radius 2 is 2.07 bits per heavy atom. The summed E-state index contributed by atoms with van der Waals surface area (Å²) in [6.45, 7) is 1.16. The van der Waals surface area contributed by atoms with E-state index >= 15 is 0 Å². The molecule has 3 heteroatoms. The monoisotopic (exact) mass is 205 g/mol. The SMILES string of the molecule is c1n[nH]c(C2CCCCN2)c1C1CCC1. The predicted octanol–water partition coefficient (Wildman–Crippen LogP) is 2.49. The number of H-pyrrole nitrogens is 1. The second kappa shape index (κ2) is 3.97. The van der Waals surface area contributed by atoms with Crippen LogP contribution in [0.15, 0.2) is 6.20 Å². The molecule has 15 heavy (non-hydrogen) atoms. The van der Waals surface area contributed by atoms with Crippen LogP contribution in [0.2, 0.25) is 0 Å². The zero-order valence-electron chi connectivity index (χ0n) is 9.13. The van der Waals surface area contributed by atoms with Crippen LogP contribution in [-0.4, -0.2) is 16.7 Å². The highest BCUT2D eigenvalue weighted by Crippen LogP contribution is 2.39. The van der Waals surface area contributed by atoms with Gasteiger partial charge in [-0.1, -0.05) is 12.8 Å². The van der Waals surface area contributed by atoms with Crippen LogP contribution in [0.3, 0.4) is 0 Å². The van der Waals surface area contributed by atoms with Gasteiger partial charge < -0.3 is 5.32 Å². The van der Waals surface area contributed by atoms with Crippen LogP contribution in [0.4, 0.5) is 0 Å². The van der Waals surface area contributed by atoms with Gasteiger partial charge in [-0.05, 0) is 43.7 Å². The molecule has 0 amide bonds. The molecule has 1 saturated carbocycles. The summed E-state index contributed by atoms with van der Waals surface area (Å²) in [6, 6.07) is 0.539. The van der Waals surface area contributed by atoms with Gasteiger partial charge in [0.25, 0.3) is 0 Å². The fourth-order valence-corrected chi connectivity index (χ4v) is 2.73. The quantitative estimate of drug-likeness (QED) is 0.778. The van der Waals surface area contributed by atoms with Crippen LogP contribution in [0, 0.1) is 0 Å². The summed E-state index contributed by atoms with van der Waals surface area (Å²) < 4.78 is 0. The van der Waals surface area contributed by atoms with Crippen molar-refractivity contribution in [3.8, 4) is 0 Å². The van der Waals surface area contributed by atoms with Gasteiger partial charge in [0.2, 0.25) is 0 Å². The zero-order chi connectivity index (χ0) is 10.1. The fourth-order valence-electron chi connectivity index (χ4n) is 2.73. The van der Waals surface area contributed by atoms with Crippen LogP contribution in [0.25, 0.3) is 0 Å². The first-order chi connectivity index (χ1) is 7.45. The molecule has 1 atom stereocenters. The molecule has 1 unspecified atom stereocenters. The van der Waals surface area contributed by atoms with Crippen molar-refractivity contribution in [2.75, 3.05) is 6.54 Å². The summed E-state index contributed by atoms with van der Waals surface area (Å²) in [5.74, 6) is 0.794. The number of aromatic nitrogens is 2. The van der Waals surface area contributed by atoms with Gasteiger partial charge in [-0.25, -0.2) is 0 Å². The Morgan fingerprint density at radius 3 is 2.73 bits per heavy atom. The molecule has 82 valence electrons. The summed E-state index contributed by atoms with van der Waals surface area (Å²) in [4.78, 5) is 0. The lowest BCUT2D eigenvalue weighted by Crippen LogP contribution is -2.28. The highest BCUT2D eigenvalue weighted by molar-refractivity contribution is 5.26. The first-order valence-corrected chi connectivity index (χ1v) is 6.21. The van der Waals surface area contributed by atoms with E-state index in [1.54, 1.807) is 0 Å². The molecule has 1 aromatic heterocycles. The summed E-state index contributed by atoms with van der Waals surface area (Å²) in [6.07, 6.45) is 10.1. The molecule has 3 rings (SSSR count). The van der Waals surface area contributed by atoms with Gasteiger partial charge >= 0.3 is 0 Å². The summed E-state index contributed by atoms with van der Waals surface area (Å²) in [7, 11) is 0. The molecule has 2 aliphatic rings.